The summed E-state index contributed by atoms with van der Waals surface area (Å²) >= 11 is 0. The maximum atomic E-state index is 11.0. The van der Waals surface area contributed by atoms with E-state index < -0.39 is 4.92 Å². The molecule has 1 atom stereocenters. The van der Waals surface area contributed by atoms with E-state index in [0.717, 1.165) is 19.4 Å². The summed E-state index contributed by atoms with van der Waals surface area (Å²) in [6, 6.07) is 0. The zero-order valence-corrected chi connectivity index (χ0v) is 10.8. The van der Waals surface area contributed by atoms with Gasteiger partial charge >= 0.3 is 5.69 Å². The van der Waals surface area contributed by atoms with Crippen molar-refractivity contribution in [1.82, 2.24) is 9.97 Å². The predicted octanol–water partition coefficient (Wildman–Crippen LogP) is 1.11. The number of ether oxygens (including phenoxy) is 1. The lowest BCUT2D eigenvalue weighted by molar-refractivity contribution is -0.385. The number of hydrogen-bond acceptors (Lipinski definition) is 7. The third-order valence-electron chi connectivity index (χ3n) is 3.07. The van der Waals surface area contributed by atoms with Gasteiger partial charge in [0.05, 0.1) is 11.5 Å². The maximum Gasteiger partial charge on any atom is 0.332 e. The standard InChI is InChI=1S/C11H17N5O3/c1-7-9(16(17)18)10(15-11(12)14-7)13-5-8-3-2-4-19-6-8/h8H,2-6H2,1H3,(H3,12,13,14,15). The molecule has 1 aromatic heterocycles. The molecule has 104 valence electrons. The van der Waals surface area contributed by atoms with Gasteiger partial charge in [-0.15, -0.1) is 0 Å². The fourth-order valence-corrected chi connectivity index (χ4v) is 2.14. The number of nitrogens with zero attached hydrogens (tertiary/aromatic N) is 3. The van der Waals surface area contributed by atoms with E-state index in [2.05, 4.69) is 15.3 Å². The molecule has 0 bridgehead atoms. The Morgan fingerprint density at radius 2 is 2.37 bits per heavy atom. The molecule has 1 aliphatic heterocycles. The summed E-state index contributed by atoms with van der Waals surface area (Å²) in [6.45, 7) is 3.58. The Balaban J connectivity index is 2.12. The lowest BCUT2D eigenvalue weighted by Gasteiger charge is -2.22. The van der Waals surface area contributed by atoms with E-state index in [9.17, 15) is 10.1 Å². The Morgan fingerprint density at radius 1 is 1.58 bits per heavy atom. The van der Waals surface area contributed by atoms with Crippen LogP contribution in [0.15, 0.2) is 0 Å². The molecule has 1 aliphatic rings. The Labute approximate surface area is 110 Å². The van der Waals surface area contributed by atoms with Crippen molar-refractivity contribution in [1.29, 1.82) is 0 Å². The summed E-state index contributed by atoms with van der Waals surface area (Å²) in [5.74, 6) is 0.552. The Hall–Kier alpha value is -1.96. The minimum Gasteiger partial charge on any atom is -0.381 e. The molecule has 0 aromatic carbocycles. The van der Waals surface area contributed by atoms with Gasteiger partial charge in [0.1, 0.15) is 5.69 Å². The zero-order valence-electron chi connectivity index (χ0n) is 10.8. The molecule has 0 saturated carbocycles. The van der Waals surface area contributed by atoms with Gasteiger partial charge in [0.25, 0.3) is 0 Å². The van der Waals surface area contributed by atoms with E-state index in [1.165, 1.54) is 0 Å². The number of nitrogens with one attached hydrogen (secondary N) is 1. The monoisotopic (exact) mass is 267 g/mol. The highest BCUT2D eigenvalue weighted by Crippen LogP contribution is 2.26. The summed E-state index contributed by atoms with van der Waals surface area (Å²) in [6.07, 6.45) is 2.06. The second kappa shape index (κ2) is 5.79. The molecule has 19 heavy (non-hydrogen) atoms. The van der Waals surface area contributed by atoms with Gasteiger partial charge in [0.2, 0.25) is 11.8 Å². The number of nitrogens with two attached hydrogens (primary N) is 1. The first-order chi connectivity index (χ1) is 9.08. The Morgan fingerprint density at radius 3 is 3.00 bits per heavy atom. The highest BCUT2D eigenvalue weighted by Gasteiger charge is 2.22. The van der Waals surface area contributed by atoms with Gasteiger partial charge in [0, 0.05) is 13.2 Å². The summed E-state index contributed by atoms with van der Waals surface area (Å²) in [5, 5.41) is 14.0. The lowest BCUT2D eigenvalue weighted by Crippen LogP contribution is -2.25. The molecule has 3 N–H and O–H groups in total. The van der Waals surface area contributed by atoms with Crippen molar-refractivity contribution in [3.05, 3.63) is 15.8 Å². The summed E-state index contributed by atoms with van der Waals surface area (Å²) in [7, 11) is 0. The van der Waals surface area contributed by atoms with Crippen LogP contribution in [0.2, 0.25) is 0 Å². The normalized spacial score (nSPS) is 19.1. The molecule has 0 radical (unpaired) electrons. The lowest BCUT2D eigenvalue weighted by atomic mass is 10.0. The van der Waals surface area contributed by atoms with Crippen LogP contribution in [-0.2, 0) is 4.74 Å². The first kappa shape index (κ1) is 13.5. The fourth-order valence-electron chi connectivity index (χ4n) is 2.14. The van der Waals surface area contributed by atoms with Gasteiger partial charge in [-0.25, -0.2) is 4.98 Å². The minimum absolute atomic E-state index is 0.0329. The quantitative estimate of drug-likeness (QED) is 0.620. The highest BCUT2D eigenvalue weighted by atomic mass is 16.6. The van der Waals surface area contributed by atoms with Crippen LogP contribution in [0.1, 0.15) is 18.5 Å². The first-order valence-electron chi connectivity index (χ1n) is 6.18. The van der Waals surface area contributed by atoms with Crippen LogP contribution in [0, 0.1) is 23.0 Å². The molecule has 1 unspecified atom stereocenters. The minimum atomic E-state index is -0.492. The van der Waals surface area contributed by atoms with Gasteiger partial charge in [-0.3, -0.25) is 10.1 Å². The van der Waals surface area contributed by atoms with Crippen molar-refractivity contribution in [2.75, 3.05) is 30.8 Å². The largest absolute Gasteiger partial charge is 0.381 e. The molecule has 8 nitrogen and oxygen atoms in total. The third kappa shape index (κ3) is 3.28. The highest BCUT2D eigenvalue weighted by molar-refractivity contribution is 5.60. The van der Waals surface area contributed by atoms with Crippen molar-refractivity contribution in [2.45, 2.75) is 19.8 Å². The number of hydrogen-bond donors (Lipinski definition) is 2. The van der Waals surface area contributed by atoms with E-state index in [1.807, 2.05) is 0 Å². The SMILES string of the molecule is Cc1nc(N)nc(NCC2CCCOC2)c1[N+](=O)[O-]. The number of aromatic nitrogens is 2. The van der Waals surface area contributed by atoms with Crippen molar-refractivity contribution in [2.24, 2.45) is 5.92 Å². The smallest absolute Gasteiger partial charge is 0.332 e. The molecule has 1 aromatic rings. The maximum absolute atomic E-state index is 11.0. The van der Waals surface area contributed by atoms with Crippen molar-refractivity contribution < 1.29 is 9.66 Å². The summed E-state index contributed by atoms with van der Waals surface area (Å²) in [4.78, 5) is 18.3. The van der Waals surface area contributed by atoms with Crippen LogP contribution >= 0.6 is 0 Å². The molecule has 8 heteroatoms. The zero-order chi connectivity index (χ0) is 13.8. The first-order valence-corrected chi connectivity index (χ1v) is 6.18. The number of aryl methyl sites for hydroxylation is 1. The van der Waals surface area contributed by atoms with Gasteiger partial charge in [0.15, 0.2) is 0 Å². The molecular weight excluding hydrogens is 250 g/mol. The van der Waals surface area contributed by atoms with Gasteiger partial charge in [-0.2, -0.15) is 4.98 Å². The predicted molar refractivity (Wildman–Crippen MR) is 69.9 cm³/mol. The number of anilines is 2. The van der Waals surface area contributed by atoms with Gasteiger partial charge in [-0.05, 0) is 25.7 Å². The molecule has 0 aliphatic carbocycles. The van der Waals surface area contributed by atoms with Crippen LogP contribution in [-0.4, -0.2) is 34.6 Å². The van der Waals surface area contributed by atoms with E-state index in [-0.39, 0.29) is 23.1 Å². The molecule has 1 fully saturated rings. The molecular formula is C11H17N5O3. The fraction of sp³-hybridized carbons (Fsp3) is 0.636. The number of nitro groups is 1. The van der Waals surface area contributed by atoms with E-state index in [4.69, 9.17) is 10.5 Å². The van der Waals surface area contributed by atoms with Gasteiger partial charge in [-0.1, -0.05) is 0 Å². The Kier molecular flexibility index (Phi) is 4.10. The topological polar surface area (TPSA) is 116 Å². The molecule has 0 amide bonds. The molecule has 2 heterocycles. The molecule has 2 rings (SSSR count). The third-order valence-corrected chi connectivity index (χ3v) is 3.07. The van der Waals surface area contributed by atoms with Crippen LogP contribution in [0.3, 0.4) is 0 Å². The van der Waals surface area contributed by atoms with E-state index in [0.29, 0.717) is 19.1 Å². The van der Waals surface area contributed by atoms with E-state index in [1.54, 1.807) is 6.92 Å². The summed E-state index contributed by atoms with van der Waals surface area (Å²) < 4.78 is 5.36. The second-order valence-electron chi connectivity index (χ2n) is 4.59. The van der Waals surface area contributed by atoms with Crippen molar-refractivity contribution in [3.8, 4) is 0 Å². The number of rotatable bonds is 4. The average molecular weight is 267 g/mol. The molecule has 1 saturated heterocycles. The van der Waals surface area contributed by atoms with Crippen molar-refractivity contribution >= 4 is 17.5 Å². The van der Waals surface area contributed by atoms with Crippen LogP contribution in [0.25, 0.3) is 0 Å². The van der Waals surface area contributed by atoms with Crippen LogP contribution in [0.5, 0.6) is 0 Å². The second-order valence-corrected chi connectivity index (χ2v) is 4.59. The van der Waals surface area contributed by atoms with Crippen molar-refractivity contribution in [3.63, 3.8) is 0 Å². The van der Waals surface area contributed by atoms with Crippen LogP contribution < -0.4 is 11.1 Å². The molecule has 0 spiro atoms. The average Bonchev–Trinajstić information content (AvgIpc) is 2.36. The number of nitrogen functional groups attached to an aromatic ring is 1. The van der Waals surface area contributed by atoms with E-state index >= 15 is 0 Å². The summed E-state index contributed by atoms with van der Waals surface area (Å²) in [5.41, 5.74) is 5.67. The van der Waals surface area contributed by atoms with Gasteiger partial charge < -0.3 is 15.8 Å². The van der Waals surface area contributed by atoms with Crippen LogP contribution in [0.4, 0.5) is 17.5 Å². The Bertz CT molecular complexity index is 474.